The Kier molecular flexibility index (Phi) is 5.44. The van der Waals surface area contributed by atoms with E-state index in [1.54, 1.807) is 0 Å². The molecule has 7 heteroatoms. The predicted molar refractivity (Wildman–Crippen MR) is 92.4 cm³/mol. The van der Waals surface area contributed by atoms with Crippen LogP contribution in [0.3, 0.4) is 0 Å². The molecule has 2 rings (SSSR count). The molecule has 2 aromatic rings. The number of anilines is 1. The number of carbonyl (C=O) groups excluding carboxylic acids is 1. The summed E-state index contributed by atoms with van der Waals surface area (Å²) in [7, 11) is 0. The van der Waals surface area contributed by atoms with Gasteiger partial charge in [-0.05, 0) is 24.0 Å². The van der Waals surface area contributed by atoms with E-state index < -0.39 is 5.56 Å². The van der Waals surface area contributed by atoms with Crippen LogP contribution in [0, 0.1) is 6.92 Å². The van der Waals surface area contributed by atoms with Gasteiger partial charge in [0.15, 0.2) is 0 Å². The highest BCUT2D eigenvalue weighted by atomic mass is 35.5. The summed E-state index contributed by atoms with van der Waals surface area (Å²) in [4.78, 5) is 24.2. The Morgan fingerprint density at radius 3 is 2.70 bits per heavy atom. The molecule has 0 aliphatic heterocycles. The third-order valence-electron chi connectivity index (χ3n) is 3.43. The number of benzene rings is 1. The standard InChI is InChI=1S/C16H17Cl2N3O2/c1-9(2)11-6-4-5-10(3)15(11)20-13(22)8-21-16(23)14(18)12(17)7-19-21/h4-7,9H,8H2,1-3H3,(H,20,22). The van der Waals surface area contributed by atoms with Crippen LogP contribution in [0.4, 0.5) is 5.69 Å². The molecule has 0 aliphatic rings. The van der Waals surface area contributed by atoms with Crippen LogP contribution in [0.15, 0.2) is 29.2 Å². The molecule has 0 fully saturated rings. The van der Waals surface area contributed by atoms with Crippen LogP contribution in [0.5, 0.6) is 0 Å². The molecule has 0 aliphatic carbocycles. The number of amides is 1. The first-order valence-electron chi connectivity index (χ1n) is 7.11. The second-order valence-electron chi connectivity index (χ2n) is 5.51. The molecule has 0 bridgehead atoms. The Balaban J connectivity index is 2.25. The van der Waals surface area contributed by atoms with E-state index in [9.17, 15) is 9.59 Å². The average Bonchev–Trinajstić information content (AvgIpc) is 2.49. The molecule has 0 radical (unpaired) electrons. The van der Waals surface area contributed by atoms with Crippen molar-refractivity contribution in [2.75, 3.05) is 5.32 Å². The predicted octanol–water partition coefficient (Wildman–Crippen LogP) is 3.62. The normalized spacial score (nSPS) is 10.9. The zero-order valence-electron chi connectivity index (χ0n) is 13.1. The third kappa shape index (κ3) is 3.92. The number of hydrogen-bond donors (Lipinski definition) is 1. The molecular formula is C16H17Cl2N3O2. The number of aryl methyl sites for hydroxylation is 1. The van der Waals surface area contributed by atoms with E-state index in [0.29, 0.717) is 0 Å². The van der Waals surface area contributed by atoms with Crippen LogP contribution >= 0.6 is 23.2 Å². The summed E-state index contributed by atoms with van der Waals surface area (Å²) < 4.78 is 0.983. The van der Waals surface area contributed by atoms with Crippen LogP contribution in [0.2, 0.25) is 10.0 Å². The van der Waals surface area contributed by atoms with Gasteiger partial charge in [-0.3, -0.25) is 9.59 Å². The number of halogens is 2. The number of para-hydroxylation sites is 1. The Morgan fingerprint density at radius 2 is 2.04 bits per heavy atom. The third-order valence-corrected chi connectivity index (χ3v) is 4.18. The van der Waals surface area contributed by atoms with Gasteiger partial charge in [-0.1, -0.05) is 55.2 Å². The second-order valence-corrected chi connectivity index (χ2v) is 6.30. The fourth-order valence-corrected chi connectivity index (χ4v) is 2.49. The number of nitrogens with one attached hydrogen (secondary N) is 1. The first kappa shape index (κ1) is 17.5. The molecule has 122 valence electrons. The molecule has 1 amide bonds. The highest BCUT2D eigenvalue weighted by Gasteiger charge is 2.14. The SMILES string of the molecule is Cc1cccc(C(C)C)c1NC(=O)Cn1ncc(Cl)c(Cl)c1=O. The van der Waals surface area contributed by atoms with Crippen molar-refractivity contribution in [2.45, 2.75) is 33.2 Å². The van der Waals surface area contributed by atoms with Crippen LogP contribution in [0.25, 0.3) is 0 Å². The molecular weight excluding hydrogens is 337 g/mol. The molecule has 0 atom stereocenters. The number of rotatable bonds is 4. The molecule has 1 N–H and O–H groups in total. The van der Waals surface area contributed by atoms with Gasteiger partial charge in [0.1, 0.15) is 11.6 Å². The lowest BCUT2D eigenvalue weighted by atomic mass is 9.98. The smallest absolute Gasteiger partial charge is 0.287 e. The lowest BCUT2D eigenvalue weighted by Gasteiger charge is -2.16. The van der Waals surface area contributed by atoms with E-state index in [-0.39, 0.29) is 28.4 Å². The van der Waals surface area contributed by atoms with E-state index >= 15 is 0 Å². The van der Waals surface area contributed by atoms with Gasteiger partial charge in [-0.2, -0.15) is 5.10 Å². The van der Waals surface area contributed by atoms with E-state index in [0.717, 1.165) is 21.5 Å². The van der Waals surface area contributed by atoms with Crippen LogP contribution in [-0.4, -0.2) is 15.7 Å². The Bertz CT molecular complexity index is 800. The molecule has 1 heterocycles. The van der Waals surface area contributed by atoms with E-state index in [4.69, 9.17) is 23.2 Å². The Morgan fingerprint density at radius 1 is 1.35 bits per heavy atom. The molecule has 0 unspecified atom stereocenters. The van der Waals surface area contributed by atoms with Crippen LogP contribution in [0.1, 0.15) is 30.9 Å². The summed E-state index contributed by atoms with van der Waals surface area (Å²) >= 11 is 11.5. The first-order valence-corrected chi connectivity index (χ1v) is 7.87. The largest absolute Gasteiger partial charge is 0.324 e. The van der Waals surface area contributed by atoms with Crippen LogP contribution < -0.4 is 10.9 Å². The summed E-state index contributed by atoms with van der Waals surface area (Å²) in [5.41, 5.74) is 2.16. The van der Waals surface area contributed by atoms with E-state index in [1.165, 1.54) is 6.20 Å². The average molecular weight is 354 g/mol. The number of carbonyl (C=O) groups is 1. The van der Waals surface area contributed by atoms with E-state index in [2.05, 4.69) is 24.3 Å². The summed E-state index contributed by atoms with van der Waals surface area (Å²) in [6.45, 7) is 5.79. The summed E-state index contributed by atoms with van der Waals surface area (Å²) in [6, 6.07) is 5.84. The molecule has 1 aromatic carbocycles. The molecule has 0 saturated heterocycles. The zero-order valence-corrected chi connectivity index (χ0v) is 14.6. The van der Waals surface area contributed by atoms with Gasteiger partial charge in [-0.25, -0.2) is 4.68 Å². The van der Waals surface area contributed by atoms with Gasteiger partial charge in [0.05, 0.1) is 11.2 Å². The fraction of sp³-hybridized carbons (Fsp3) is 0.312. The Labute approximate surface area is 144 Å². The van der Waals surface area contributed by atoms with Crippen molar-refractivity contribution >= 4 is 34.8 Å². The minimum Gasteiger partial charge on any atom is -0.324 e. The number of hydrogen-bond acceptors (Lipinski definition) is 3. The molecule has 0 saturated carbocycles. The number of nitrogens with zero attached hydrogens (tertiary/aromatic N) is 2. The van der Waals surface area contributed by atoms with E-state index in [1.807, 2.05) is 25.1 Å². The van der Waals surface area contributed by atoms with Gasteiger partial charge in [0, 0.05) is 5.69 Å². The van der Waals surface area contributed by atoms with Crippen molar-refractivity contribution in [3.63, 3.8) is 0 Å². The maximum Gasteiger partial charge on any atom is 0.287 e. The highest BCUT2D eigenvalue weighted by molar-refractivity contribution is 6.41. The van der Waals surface area contributed by atoms with Gasteiger partial charge >= 0.3 is 0 Å². The summed E-state index contributed by atoms with van der Waals surface area (Å²) in [5.74, 6) is -0.0924. The summed E-state index contributed by atoms with van der Waals surface area (Å²) in [5, 5.41) is 6.60. The van der Waals surface area contributed by atoms with Crippen molar-refractivity contribution in [2.24, 2.45) is 0 Å². The Hall–Kier alpha value is -1.85. The monoisotopic (exact) mass is 353 g/mol. The molecule has 23 heavy (non-hydrogen) atoms. The van der Waals surface area contributed by atoms with Crippen molar-refractivity contribution in [1.29, 1.82) is 0 Å². The second kappa shape index (κ2) is 7.15. The quantitative estimate of drug-likeness (QED) is 0.912. The van der Waals surface area contributed by atoms with Gasteiger partial charge in [-0.15, -0.1) is 0 Å². The highest BCUT2D eigenvalue weighted by Crippen LogP contribution is 2.27. The van der Waals surface area contributed by atoms with Gasteiger partial charge in [0.25, 0.3) is 5.56 Å². The summed E-state index contributed by atoms with van der Waals surface area (Å²) in [6.07, 6.45) is 1.24. The lowest BCUT2D eigenvalue weighted by Crippen LogP contribution is -2.30. The maximum atomic E-state index is 12.3. The van der Waals surface area contributed by atoms with Crippen molar-refractivity contribution in [3.8, 4) is 0 Å². The lowest BCUT2D eigenvalue weighted by molar-refractivity contribution is -0.117. The maximum absolute atomic E-state index is 12.3. The number of aromatic nitrogens is 2. The fourth-order valence-electron chi connectivity index (χ4n) is 2.21. The molecule has 1 aromatic heterocycles. The van der Waals surface area contributed by atoms with Gasteiger partial charge in [0.2, 0.25) is 5.91 Å². The molecule has 0 spiro atoms. The molecule has 5 nitrogen and oxygen atoms in total. The minimum absolute atomic E-state index is 0.0642. The zero-order chi connectivity index (χ0) is 17.1. The van der Waals surface area contributed by atoms with Crippen molar-refractivity contribution < 1.29 is 4.79 Å². The van der Waals surface area contributed by atoms with Gasteiger partial charge < -0.3 is 5.32 Å². The first-order chi connectivity index (χ1) is 10.8. The van der Waals surface area contributed by atoms with Crippen LogP contribution in [-0.2, 0) is 11.3 Å². The topological polar surface area (TPSA) is 64.0 Å². The minimum atomic E-state index is -0.594. The van der Waals surface area contributed by atoms with Crippen molar-refractivity contribution in [3.05, 3.63) is 55.9 Å². The van der Waals surface area contributed by atoms with Crippen molar-refractivity contribution in [1.82, 2.24) is 9.78 Å².